The third kappa shape index (κ3) is 6.60. The quantitative estimate of drug-likeness (QED) is 0.336. The van der Waals surface area contributed by atoms with Gasteiger partial charge in [0.2, 0.25) is 0 Å². The Hall–Kier alpha value is -3.41. The molecule has 3 aliphatic heterocycles. The van der Waals surface area contributed by atoms with Crippen molar-refractivity contribution in [3.63, 3.8) is 0 Å². The molecule has 0 saturated carbocycles. The summed E-state index contributed by atoms with van der Waals surface area (Å²) in [5, 5.41) is 8.84. The average molecular weight is 543 g/mol. The van der Waals surface area contributed by atoms with Gasteiger partial charge < -0.3 is 39.8 Å². The molecule has 3 aliphatic rings. The van der Waals surface area contributed by atoms with E-state index < -0.39 is 17.9 Å². The van der Waals surface area contributed by atoms with Gasteiger partial charge in [-0.2, -0.15) is 0 Å². The Balaban J connectivity index is 1.36. The third-order valence-electron chi connectivity index (χ3n) is 7.42. The number of anilines is 1. The van der Waals surface area contributed by atoms with Gasteiger partial charge in [-0.05, 0) is 44.5 Å². The van der Waals surface area contributed by atoms with E-state index in [2.05, 4.69) is 20.9 Å². The first-order chi connectivity index (χ1) is 18.8. The molecule has 0 bridgehead atoms. The van der Waals surface area contributed by atoms with Gasteiger partial charge in [0.05, 0.1) is 44.5 Å². The van der Waals surface area contributed by atoms with Gasteiger partial charge >= 0.3 is 18.0 Å². The Labute approximate surface area is 228 Å². The molecule has 11 heteroatoms. The van der Waals surface area contributed by atoms with Gasteiger partial charge in [0.25, 0.3) is 0 Å². The maximum atomic E-state index is 12.7. The molecule has 0 atom stereocenters. The van der Waals surface area contributed by atoms with Crippen LogP contribution in [0.25, 0.3) is 0 Å². The number of nitrogens with zero attached hydrogens (tertiary/aromatic N) is 1. The van der Waals surface area contributed by atoms with Crippen molar-refractivity contribution in [3.05, 3.63) is 52.4 Å². The lowest BCUT2D eigenvalue weighted by atomic mass is 9.80. The smallest absolute Gasteiger partial charge is 0.336 e. The highest BCUT2D eigenvalue weighted by Crippen LogP contribution is 2.39. The Bertz CT molecular complexity index is 1110. The molecule has 4 rings (SSSR count). The number of carbonyl (C=O) groups excluding carboxylic acids is 3. The summed E-state index contributed by atoms with van der Waals surface area (Å²) in [6.07, 6.45) is 2.55. The molecule has 3 heterocycles. The summed E-state index contributed by atoms with van der Waals surface area (Å²) in [6, 6.07) is 6.74. The van der Waals surface area contributed by atoms with Gasteiger partial charge in [0.1, 0.15) is 0 Å². The number of likely N-dealkylation sites (tertiary alicyclic amines) is 1. The van der Waals surface area contributed by atoms with E-state index in [1.807, 2.05) is 0 Å². The average Bonchev–Trinajstić information content (AvgIpc) is 3.39. The van der Waals surface area contributed by atoms with Gasteiger partial charge in [-0.15, -0.1) is 0 Å². The standard InChI is InChI=1S/C28H38N4O7/c1-18-22(25(33)36-3)24(23(19(2)30-18)26(34)37-4)20-7-5-8-21(17-20)31-27(35)29-11-6-12-32-13-9-28(10-14-32)38-15-16-39-28/h5,7-8,17,24,30H,6,9-16H2,1-4H3,(H2,29,31,35). The number of hydrogen-bond donors (Lipinski definition) is 3. The van der Waals surface area contributed by atoms with E-state index in [1.54, 1.807) is 38.1 Å². The summed E-state index contributed by atoms with van der Waals surface area (Å²) in [6.45, 7) is 8.09. The van der Waals surface area contributed by atoms with Crippen molar-refractivity contribution in [2.24, 2.45) is 0 Å². The molecule has 0 aliphatic carbocycles. The van der Waals surface area contributed by atoms with E-state index in [4.69, 9.17) is 18.9 Å². The molecule has 3 N–H and O–H groups in total. The first-order valence-electron chi connectivity index (χ1n) is 13.3. The first-order valence-corrected chi connectivity index (χ1v) is 13.3. The van der Waals surface area contributed by atoms with Crippen molar-refractivity contribution in [1.82, 2.24) is 15.5 Å². The molecule has 212 valence electrons. The number of nitrogens with one attached hydrogen (secondary N) is 3. The summed E-state index contributed by atoms with van der Waals surface area (Å²) in [4.78, 5) is 40.4. The molecular weight excluding hydrogens is 504 g/mol. The van der Waals surface area contributed by atoms with Crippen molar-refractivity contribution in [2.75, 3.05) is 58.9 Å². The van der Waals surface area contributed by atoms with Crippen LogP contribution < -0.4 is 16.0 Å². The molecule has 39 heavy (non-hydrogen) atoms. The van der Waals surface area contributed by atoms with Crippen LogP contribution in [0.2, 0.25) is 0 Å². The Morgan fingerprint density at radius 3 is 2.23 bits per heavy atom. The van der Waals surface area contributed by atoms with E-state index in [0.29, 0.717) is 53.5 Å². The molecule has 1 aromatic rings. The van der Waals surface area contributed by atoms with Crippen molar-refractivity contribution in [1.29, 1.82) is 0 Å². The Morgan fingerprint density at radius 1 is 1.03 bits per heavy atom. The van der Waals surface area contributed by atoms with Crippen LogP contribution in [-0.4, -0.2) is 82.3 Å². The molecule has 0 unspecified atom stereocenters. The Kier molecular flexibility index (Phi) is 9.26. The fraction of sp³-hybridized carbons (Fsp3) is 0.536. The van der Waals surface area contributed by atoms with Gasteiger partial charge in [0, 0.05) is 49.6 Å². The van der Waals surface area contributed by atoms with Crippen LogP contribution in [0.4, 0.5) is 10.5 Å². The predicted molar refractivity (Wildman–Crippen MR) is 144 cm³/mol. The normalized spacial score (nSPS) is 19.6. The minimum absolute atomic E-state index is 0.305. The molecule has 1 spiro atoms. The topological polar surface area (TPSA) is 127 Å². The van der Waals surface area contributed by atoms with Crippen molar-refractivity contribution < 1.29 is 33.3 Å². The van der Waals surface area contributed by atoms with E-state index in [0.717, 1.165) is 38.9 Å². The molecule has 11 nitrogen and oxygen atoms in total. The van der Waals surface area contributed by atoms with Crippen LogP contribution in [0.1, 0.15) is 44.6 Å². The predicted octanol–water partition coefficient (Wildman–Crippen LogP) is 2.62. The van der Waals surface area contributed by atoms with Crippen LogP contribution in [0.5, 0.6) is 0 Å². The lowest BCUT2D eigenvalue weighted by Gasteiger charge is -2.37. The van der Waals surface area contributed by atoms with Gasteiger partial charge in [-0.1, -0.05) is 12.1 Å². The number of esters is 2. The lowest BCUT2D eigenvalue weighted by Crippen LogP contribution is -2.45. The maximum absolute atomic E-state index is 12.7. The number of dihydropyridines is 1. The van der Waals surface area contributed by atoms with Crippen molar-refractivity contribution in [3.8, 4) is 0 Å². The highest BCUT2D eigenvalue weighted by molar-refractivity contribution is 6.00. The SMILES string of the molecule is COC(=O)C1=C(C)NC(C)=C(C(=O)OC)C1c1cccc(NC(=O)NCCCN2CCC3(CC2)OCCO3)c1. The minimum atomic E-state index is -0.723. The minimum Gasteiger partial charge on any atom is -0.466 e. The second kappa shape index (κ2) is 12.6. The molecule has 2 fully saturated rings. The number of amides is 2. The fourth-order valence-corrected chi connectivity index (χ4v) is 5.47. The summed E-state index contributed by atoms with van der Waals surface area (Å²) in [7, 11) is 2.59. The van der Waals surface area contributed by atoms with Crippen LogP contribution >= 0.6 is 0 Å². The van der Waals surface area contributed by atoms with E-state index in [1.165, 1.54) is 14.2 Å². The van der Waals surface area contributed by atoms with Crippen LogP contribution in [0, 0.1) is 0 Å². The zero-order valence-corrected chi connectivity index (χ0v) is 23.1. The van der Waals surface area contributed by atoms with Crippen molar-refractivity contribution in [2.45, 2.75) is 44.8 Å². The number of urea groups is 1. The van der Waals surface area contributed by atoms with E-state index in [-0.39, 0.29) is 11.8 Å². The number of hydrogen-bond acceptors (Lipinski definition) is 9. The summed E-state index contributed by atoms with van der Waals surface area (Å²) < 4.78 is 21.6. The number of piperidine rings is 1. The monoisotopic (exact) mass is 542 g/mol. The number of carbonyl (C=O) groups is 3. The number of rotatable bonds is 8. The zero-order valence-electron chi connectivity index (χ0n) is 23.1. The summed E-state index contributed by atoms with van der Waals surface area (Å²) in [5.41, 5.74) is 2.96. The molecule has 1 aromatic carbocycles. The van der Waals surface area contributed by atoms with E-state index >= 15 is 0 Å². The second-order valence-corrected chi connectivity index (χ2v) is 9.93. The maximum Gasteiger partial charge on any atom is 0.336 e. The molecule has 2 amide bonds. The number of benzene rings is 1. The van der Waals surface area contributed by atoms with Crippen LogP contribution in [0.3, 0.4) is 0 Å². The summed E-state index contributed by atoms with van der Waals surface area (Å²) >= 11 is 0. The highest BCUT2D eigenvalue weighted by atomic mass is 16.7. The Morgan fingerprint density at radius 2 is 1.64 bits per heavy atom. The van der Waals surface area contributed by atoms with Gasteiger partial charge in [-0.3, -0.25) is 0 Å². The third-order valence-corrected chi connectivity index (χ3v) is 7.42. The van der Waals surface area contributed by atoms with Gasteiger partial charge in [-0.25, -0.2) is 14.4 Å². The zero-order chi connectivity index (χ0) is 28.0. The summed E-state index contributed by atoms with van der Waals surface area (Å²) in [5.74, 6) is -2.21. The van der Waals surface area contributed by atoms with E-state index in [9.17, 15) is 14.4 Å². The number of methoxy groups -OCH3 is 2. The fourth-order valence-electron chi connectivity index (χ4n) is 5.47. The number of allylic oxidation sites excluding steroid dienone is 2. The molecular formula is C28H38N4O7. The second-order valence-electron chi connectivity index (χ2n) is 9.93. The molecule has 2 saturated heterocycles. The van der Waals surface area contributed by atoms with Crippen molar-refractivity contribution >= 4 is 23.7 Å². The lowest BCUT2D eigenvalue weighted by molar-refractivity contribution is -0.185. The van der Waals surface area contributed by atoms with Gasteiger partial charge in [0.15, 0.2) is 5.79 Å². The molecule has 0 aromatic heterocycles. The first kappa shape index (κ1) is 28.6. The molecule has 0 radical (unpaired) electrons. The number of ether oxygens (including phenoxy) is 4. The van der Waals surface area contributed by atoms with Crippen LogP contribution in [-0.2, 0) is 28.5 Å². The highest BCUT2D eigenvalue weighted by Gasteiger charge is 2.40. The largest absolute Gasteiger partial charge is 0.466 e. The van der Waals surface area contributed by atoms with Crippen LogP contribution in [0.15, 0.2) is 46.8 Å².